The molecule has 0 bridgehead atoms. The molecule has 42 heavy (non-hydrogen) atoms. The number of carbonyl (C=O) groups is 2. The number of carbonyl (C=O) groups excluding carboxylic acids is 2. The van der Waals surface area contributed by atoms with E-state index < -0.39 is 42.2 Å². The predicted octanol–water partition coefficient (Wildman–Crippen LogP) is 4.85. The Kier molecular flexibility index (Phi) is 10.3. The minimum Gasteiger partial charge on any atom is -0.387 e. The van der Waals surface area contributed by atoms with E-state index in [0.717, 1.165) is 29.5 Å². The summed E-state index contributed by atoms with van der Waals surface area (Å²) < 4.78 is 17.6. The highest BCUT2D eigenvalue weighted by atomic mass is 16.7. The van der Waals surface area contributed by atoms with Gasteiger partial charge in [-0.2, -0.15) is 0 Å². The molecule has 2 N–H and O–H groups in total. The molecule has 0 radical (unpaired) electrons. The summed E-state index contributed by atoms with van der Waals surface area (Å²) in [6.07, 6.45) is 2.01. The predicted molar refractivity (Wildman–Crippen MR) is 162 cm³/mol. The van der Waals surface area contributed by atoms with Crippen molar-refractivity contribution in [2.45, 2.75) is 96.7 Å². The molecule has 2 amide bonds. The molecular formula is C34H46N2O6. The second-order valence-electron chi connectivity index (χ2n) is 12.8. The maximum absolute atomic E-state index is 13.6. The van der Waals surface area contributed by atoms with Gasteiger partial charge in [-0.25, -0.2) is 0 Å². The molecule has 2 aromatic rings. The second-order valence-corrected chi connectivity index (χ2v) is 12.8. The van der Waals surface area contributed by atoms with E-state index in [1.165, 1.54) is 7.11 Å². The molecular weight excluding hydrogens is 532 g/mol. The van der Waals surface area contributed by atoms with Gasteiger partial charge >= 0.3 is 0 Å². The first kappa shape index (κ1) is 31.9. The maximum Gasteiger partial charge on any atom is 0.252 e. The minimum absolute atomic E-state index is 0.116. The van der Waals surface area contributed by atoms with Crippen molar-refractivity contribution in [3.05, 3.63) is 72.3 Å². The van der Waals surface area contributed by atoms with Crippen LogP contribution in [0.15, 0.2) is 66.7 Å². The van der Waals surface area contributed by atoms with Crippen LogP contribution in [0.5, 0.6) is 0 Å². The zero-order valence-corrected chi connectivity index (χ0v) is 25.7. The number of nitrogens with one attached hydrogen (secondary N) is 1. The normalized spacial score (nSPS) is 25.7. The van der Waals surface area contributed by atoms with Gasteiger partial charge in [-0.05, 0) is 55.2 Å². The van der Waals surface area contributed by atoms with E-state index >= 15 is 0 Å². The van der Waals surface area contributed by atoms with Crippen LogP contribution in [0.4, 0.5) is 0 Å². The van der Waals surface area contributed by atoms with Crippen LogP contribution in [0.3, 0.4) is 0 Å². The van der Waals surface area contributed by atoms with E-state index in [1.54, 1.807) is 13.8 Å². The number of hydrogen-bond donors (Lipinski definition) is 2. The number of aliphatic hydroxyl groups is 1. The first-order valence-corrected chi connectivity index (χ1v) is 14.9. The van der Waals surface area contributed by atoms with Crippen molar-refractivity contribution >= 4 is 11.8 Å². The molecule has 4 rings (SSSR count). The lowest BCUT2D eigenvalue weighted by molar-refractivity contribution is -0.334. The Morgan fingerprint density at radius 1 is 1.10 bits per heavy atom. The Labute approximate surface area is 250 Å². The van der Waals surface area contributed by atoms with E-state index in [9.17, 15) is 14.7 Å². The molecule has 2 saturated heterocycles. The number of amides is 2. The monoisotopic (exact) mass is 578 g/mol. The fourth-order valence-corrected chi connectivity index (χ4v) is 5.48. The summed E-state index contributed by atoms with van der Waals surface area (Å²) in [5, 5.41) is 14.1. The molecule has 0 spiro atoms. The average molecular weight is 579 g/mol. The third-order valence-electron chi connectivity index (χ3n) is 7.64. The lowest BCUT2D eigenvalue weighted by atomic mass is 9.93. The Morgan fingerprint density at radius 3 is 2.40 bits per heavy atom. The molecule has 2 fully saturated rings. The second kappa shape index (κ2) is 13.5. The SMILES string of the molecule is CO[C@@H](C(=O)N[C@H]1CCCCN(Cc2ccc(-c3ccccc3)cc2)C1=O)[C@@H]1OC(C)(C)O[C@H](C=CC(C)(C)C)[C@@H]1O. The van der Waals surface area contributed by atoms with E-state index in [-0.39, 0.29) is 11.3 Å². The van der Waals surface area contributed by atoms with Gasteiger partial charge in [-0.15, -0.1) is 0 Å². The van der Waals surface area contributed by atoms with Crippen molar-refractivity contribution in [2.24, 2.45) is 5.41 Å². The van der Waals surface area contributed by atoms with Crippen molar-refractivity contribution < 1.29 is 28.9 Å². The van der Waals surface area contributed by atoms with Gasteiger partial charge in [0.25, 0.3) is 5.91 Å². The Morgan fingerprint density at radius 2 is 1.76 bits per heavy atom. The van der Waals surface area contributed by atoms with Crippen LogP contribution < -0.4 is 5.32 Å². The number of allylic oxidation sites excluding steroid dienone is 1. The number of benzene rings is 2. The Bertz CT molecular complexity index is 1220. The molecule has 2 aromatic carbocycles. The highest BCUT2D eigenvalue weighted by Crippen LogP contribution is 2.31. The van der Waals surface area contributed by atoms with Gasteiger partial charge in [0.05, 0.1) is 0 Å². The molecule has 0 saturated carbocycles. The topological polar surface area (TPSA) is 97.3 Å². The van der Waals surface area contributed by atoms with Gasteiger partial charge in [0.15, 0.2) is 11.9 Å². The van der Waals surface area contributed by atoms with Crippen LogP contribution in [0.1, 0.15) is 59.4 Å². The summed E-state index contributed by atoms with van der Waals surface area (Å²) in [4.78, 5) is 29.0. The van der Waals surface area contributed by atoms with Gasteiger partial charge in [0, 0.05) is 20.2 Å². The smallest absolute Gasteiger partial charge is 0.252 e. The first-order valence-electron chi connectivity index (χ1n) is 14.9. The largest absolute Gasteiger partial charge is 0.387 e. The summed E-state index contributed by atoms with van der Waals surface area (Å²) in [6.45, 7) is 10.7. The maximum atomic E-state index is 13.6. The van der Waals surface area contributed by atoms with Gasteiger partial charge < -0.3 is 29.5 Å². The Hall–Kier alpha value is -3.04. The lowest BCUT2D eigenvalue weighted by Gasteiger charge is -2.45. The number of methoxy groups -OCH3 is 1. The van der Waals surface area contributed by atoms with Crippen molar-refractivity contribution in [3.63, 3.8) is 0 Å². The fourth-order valence-electron chi connectivity index (χ4n) is 5.48. The van der Waals surface area contributed by atoms with Crippen LogP contribution >= 0.6 is 0 Å². The van der Waals surface area contributed by atoms with Gasteiger partial charge in [0.2, 0.25) is 5.91 Å². The minimum atomic E-state index is -1.15. The first-order chi connectivity index (χ1) is 19.9. The highest BCUT2D eigenvalue weighted by molar-refractivity contribution is 5.90. The van der Waals surface area contributed by atoms with Crippen LogP contribution in [0, 0.1) is 5.41 Å². The number of ether oxygens (including phenoxy) is 3. The fraction of sp³-hybridized carbons (Fsp3) is 0.529. The van der Waals surface area contributed by atoms with Crippen LogP contribution in [0.25, 0.3) is 11.1 Å². The van der Waals surface area contributed by atoms with Crippen molar-refractivity contribution in [2.75, 3.05) is 13.7 Å². The zero-order valence-electron chi connectivity index (χ0n) is 25.7. The third-order valence-corrected chi connectivity index (χ3v) is 7.64. The van der Waals surface area contributed by atoms with Crippen LogP contribution in [-0.4, -0.2) is 71.7 Å². The van der Waals surface area contributed by atoms with Gasteiger partial charge in [0.1, 0.15) is 24.4 Å². The molecule has 0 unspecified atom stereocenters. The van der Waals surface area contributed by atoms with E-state index in [4.69, 9.17) is 14.2 Å². The average Bonchev–Trinajstić information content (AvgIpc) is 3.11. The van der Waals surface area contributed by atoms with Crippen LogP contribution in [0.2, 0.25) is 0 Å². The number of nitrogens with zero attached hydrogens (tertiary/aromatic N) is 1. The molecule has 2 aliphatic heterocycles. The van der Waals surface area contributed by atoms with E-state index in [2.05, 4.69) is 50.4 Å². The summed E-state index contributed by atoms with van der Waals surface area (Å²) >= 11 is 0. The molecule has 8 nitrogen and oxygen atoms in total. The number of rotatable bonds is 8. The summed E-state index contributed by atoms with van der Waals surface area (Å²) in [6, 6.07) is 17.7. The highest BCUT2D eigenvalue weighted by Gasteiger charge is 2.48. The summed E-state index contributed by atoms with van der Waals surface area (Å²) in [5.41, 5.74) is 3.17. The van der Waals surface area contributed by atoms with Crippen LogP contribution in [-0.2, 0) is 30.3 Å². The number of likely N-dealkylation sites (tertiary alicyclic amines) is 1. The molecule has 228 valence electrons. The third kappa shape index (κ3) is 8.28. The van der Waals surface area contributed by atoms with Crippen molar-refractivity contribution in [1.82, 2.24) is 10.2 Å². The van der Waals surface area contributed by atoms with Gasteiger partial charge in [-0.1, -0.05) is 87.5 Å². The molecule has 8 heteroatoms. The zero-order chi connectivity index (χ0) is 30.5. The van der Waals surface area contributed by atoms with Gasteiger partial charge in [-0.3, -0.25) is 9.59 Å². The number of aliphatic hydroxyl groups excluding tert-OH is 1. The number of hydrogen-bond acceptors (Lipinski definition) is 6. The molecule has 2 heterocycles. The van der Waals surface area contributed by atoms with Crippen molar-refractivity contribution in [1.29, 1.82) is 0 Å². The molecule has 2 aliphatic rings. The van der Waals surface area contributed by atoms with E-state index in [1.807, 2.05) is 47.4 Å². The summed E-state index contributed by atoms with van der Waals surface area (Å²) in [7, 11) is 1.41. The summed E-state index contributed by atoms with van der Waals surface area (Å²) in [5.74, 6) is -1.67. The molecule has 5 atom stereocenters. The molecule has 0 aromatic heterocycles. The quantitative estimate of drug-likeness (QED) is 0.435. The Balaban J connectivity index is 1.44. The lowest BCUT2D eigenvalue weighted by Crippen LogP contribution is -2.62. The van der Waals surface area contributed by atoms with E-state index in [0.29, 0.717) is 19.5 Å². The molecule has 0 aliphatic carbocycles. The van der Waals surface area contributed by atoms with Crippen molar-refractivity contribution in [3.8, 4) is 11.1 Å². The standard InChI is InChI=1S/C34H46N2O6/c1-33(2,3)20-19-27-28(37)29(42-34(4,5)41-27)30(40-6)31(38)35-26-14-10-11-21-36(32(26)39)22-23-15-17-25(18-16-23)24-12-8-7-9-13-24/h7-9,12-13,15-20,26-30,37H,10-11,14,21-22H2,1-6H3,(H,35,38)/t26-,27+,28-,29+,30+/m0/s1.